The van der Waals surface area contributed by atoms with E-state index in [9.17, 15) is 5.26 Å². The number of nitriles is 1. The smallest absolute Gasteiger partial charge is 0.157 e. The summed E-state index contributed by atoms with van der Waals surface area (Å²) >= 11 is 0. The molecule has 1 aliphatic rings. The van der Waals surface area contributed by atoms with Gasteiger partial charge in [0, 0.05) is 38.8 Å². The average molecular weight is 442 g/mol. The fourth-order valence-corrected chi connectivity index (χ4v) is 4.49. The minimum absolute atomic E-state index is 0.638. The zero-order chi connectivity index (χ0) is 22.8. The van der Waals surface area contributed by atoms with Gasteiger partial charge < -0.3 is 14.4 Å². The largest absolute Gasteiger partial charge is 0.497 e. The first-order chi connectivity index (χ1) is 16.2. The lowest BCUT2D eigenvalue weighted by Gasteiger charge is -2.36. The van der Waals surface area contributed by atoms with Crippen LogP contribution in [0.25, 0.3) is 16.7 Å². The molecule has 0 N–H and O–H groups in total. The Hall–Kier alpha value is -3.76. The molecule has 2 aromatic heterocycles. The molecule has 0 bridgehead atoms. The minimum atomic E-state index is 0.638. The highest BCUT2D eigenvalue weighted by atomic mass is 16.5. The molecule has 1 aliphatic heterocycles. The van der Waals surface area contributed by atoms with Gasteiger partial charge in [0.2, 0.25) is 0 Å². The number of aryl methyl sites for hydroxylation is 1. The molecular weight excluding hydrogens is 414 g/mol. The van der Waals surface area contributed by atoms with Gasteiger partial charge in [0.15, 0.2) is 5.65 Å². The maximum absolute atomic E-state index is 9.73. The quantitative estimate of drug-likeness (QED) is 0.453. The van der Waals surface area contributed by atoms with Gasteiger partial charge in [0.25, 0.3) is 0 Å². The van der Waals surface area contributed by atoms with E-state index in [0.29, 0.717) is 12.2 Å². The van der Waals surface area contributed by atoms with Crippen molar-refractivity contribution < 1.29 is 9.47 Å². The summed E-state index contributed by atoms with van der Waals surface area (Å²) in [4.78, 5) is 9.60. The Morgan fingerprint density at radius 1 is 1.00 bits per heavy atom. The number of ether oxygens (including phenoxy) is 2. The maximum atomic E-state index is 9.73. The van der Waals surface area contributed by atoms with E-state index >= 15 is 0 Å². The van der Waals surface area contributed by atoms with Gasteiger partial charge in [-0.2, -0.15) is 5.26 Å². The molecule has 0 radical (unpaired) electrons. The van der Waals surface area contributed by atoms with Crippen LogP contribution < -0.4 is 14.4 Å². The highest BCUT2D eigenvalue weighted by Gasteiger charge is 2.22. The number of rotatable bonds is 6. The Labute approximate surface area is 193 Å². The highest BCUT2D eigenvalue weighted by molar-refractivity contribution is 5.85. The fourth-order valence-electron chi connectivity index (χ4n) is 4.49. The van der Waals surface area contributed by atoms with Crippen LogP contribution in [-0.2, 0) is 0 Å². The third kappa shape index (κ3) is 4.06. The third-order valence-corrected chi connectivity index (χ3v) is 6.28. The van der Waals surface area contributed by atoms with Gasteiger partial charge in [-0.1, -0.05) is 18.2 Å². The molecule has 168 valence electrons. The monoisotopic (exact) mass is 441 g/mol. The number of nitrogens with zero attached hydrogens (tertiary/aromatic N) is 5. The van der Waals surface area contributed by atoms with Crippen molar-refractivity contribution in [1.82, 2.24) is 14.3 Å². The number of hydrogen-bond donors (Lipinski definition) is 0. The van der Waals surface area contributed by atoms with E-state index in [1.165, 1.54) is 0 Å². The normalized spacial score (nSPS) is 14.5. The summed E-state index contributed by atoms with van der Waals surface area (Å²) in [5, 5.41) is 9.73. The molecule has 5 rings (SSSR count). The van der Waals surface area contributed by atoms with E-state index in [2.05, 4.69) is 32.4 Å². The number of fused-ring (bicyclic) bond motifs is 3. The van der Waals surface area contributed by atoms with Crippen molar-refractivity contribution in [3.05, 3.63) is 65.7 Å². The number of methoxy groups -OCH3 is 1. The van der Waals surface area contributed by atoms with Crippen LogP contribution in [0.3, 0.4) is 0 Å². The minimum Gasteiger partial charge on any atom is -0.497 e. The SMILES string of the molecule is COc1cccc(OCCN2CCN(c3cc(C)c(C#N)c4nc5ccccc5n34)CC2)c1. The molecule has 0 aliphatic carbocycles. The van der Waals surface area contributed by atoms with Gasteiger partial charge in [0.1, 0.15) is 30.0 Å². The molecule has 0 amide bonds. The molecule has 0 saturated carbocycles. The summed E-state index contributed by atoms with van der Waals surface area (Å²) in [6, 6.07) is 20.3. The van der Waals surface area contributed by atoms with E-state index in [0.717, 1.165) is 72.3 Å². The van der Waals surface area contributed by atoms with Crippen LogP contribution in [0.15, 0.2) is 54.6 Å². The second-order valence-electron chi connectivity index (χ2n) is 8.29. The van der Waals surface area contributed by atoms with Crippen molar-refractivity contribution in [2.75, 3.05) is 51.3 Å². The molecule has 0 unspecified atom stereocenters. The summed E-state index contributed by atoms with van der Waals surface area (Å²) < 4.78 is 13.3. The molecule has 7 heteroatoms. The van der Waals surface area contributed by atoms with Gasteiger partial charge in [-0.3, -0.25) is 9.30 Å². The zero-order valence-corrected chi connectivity index (χ0v) is 19.0. The topological polar surface area (TPSA) is 66.0 Å². The molecule has 3 heterocycles. The molecule has 2 aromatic carbocycles. The average Bonchev–Trinajstić information content (AvgIpc) is 3.23. The Bertz CT molecular complexity index is 1330. The van der Waals surface area contributed by atoms with Crippen molar-refractivity contribution in [3.8, 4) is 17.6 Å². The number of aromatic nitrogens is 2. The molecule has 0 spiro atoms. The summed E-state index contributed by atoms with van der Waals surface area (Å²) in [6.07, 6.45) is 0. The second-order valence-corrected chi connectivity index (χ2v) is 8.29. The number of pyridine rings is 1. The van der Waals surface area contributed by atoms with Crippen molar-refractivity contribution in [1.29, 1.82) is 5.26 Å². The summed E-state index contributed by atoms with van der Waals surface area (Å²) in [5.41, 5.74) is 4.29. The Kier molecular flexibility index (Phi) is 5.76. The van der Waals surface area contributed by atoms with Crippen molar-refractivity contribution in [2.24, 2.45) is 0 Å². The molecule has 4 aromatic rings. The van der Waals surface area contributed by atoms with Gasteiger partial charge in [-0.15, -0.1) is 0 Å². The lowest BCUT2D eigenvalue weighted by Crippen LogP contribution is -2.48. The lowest BCUT2D eigenvalue weighted by atomic mass is 10.1. The first kappa shape index (κ1) is 21.1. The van der Waals surface area contributed by atoms with E-state index in [4.69, 9.17) is 14.5 Å². The number of benzene rings is 2. The van der Waals surface area contributed by atoms with Gasteiger partial charge in [-0.25, -0.2) is 4.98 Å². The molecule has 1 fully saturated rings. The van der Waals surface area contributed by atoms with Crippen LogP contribution in [0.2, 0.25) is 0 Å². The van der Waals surface area contributed by atoms with Crippen molar-refractivity contribution in [2.45, 2.75) is 6.92 Å². The van der Waals surface area contributed by atoms with E-state index < -0.39 is 0 Å². The highest BCUT2D eigenvalue weighted by Crippen LogP contribution is 2.29. The summed E-state index contributed by atoms with van der Waals surface area (Å²) in [5.74, 6) is 2.73. The number of anilines is 1. The number of piperazine rings is 1. The van der Waals surface area contributed by atoms with Gasteiger partial charge in [0.05, 0.1) is 23.7 Å². The first-order valence-corrected chi connectivity index (χ1v) is 11.2. The van der Waals surface area contributed by atoms with Crippen LogP contribution in [-0.4, -0.2) is 60.7 Å². The van der Waals surface area contributed by atoms with Crippen molar-refractivity contribution in [3.63, 3.8) is 0 Å². The molecule has 7 nitrogen and oxygen atoms in total. The van der Waals surface area contributed by atoms with Crippen molar-refractivity contribution >= 4 is 22.5 Å². The fraction of sp³-hybridized carbons (Fsp3) is 0.308. The second kappa shape index (κ2) is 9.00. The number of para-hydroxylation sites is 2. The number of hydrogen-bond acceptors (Lipinski definition) is 6. The van der Waals surface area contributed by atoms with Crippen LogP contribution >= 0.6 is 0 Å². The Morgan fingerprint density at radius 3 is 2.58 bits per heavy atom. The summed E-state index contributed by atoms with van der Waals surface area (Å²) in [6.45, 7) is 7.23. The summed E-state index contributed by atoms with van der Waals surface area (Å²) in [7, 11) is 1.66. The predicted octanol–water partition coefficient (Wildman–Crippen LogP) is 3.88. The standard InChI is InChI=1S/C26H27N5O2/c1-19-16-25(31-24-9-4-3-8-23(24)28-26(31)22(19)18-27)30-12-10-29(11-13-30)14-15-33-21-7-5-6-20(17-21)32-2/h3-9,16-17H,10-15H2,1-2H3. The van der Waals surface area contributed by atoms with E-state index in [1.54, 1.807) is 7.11 Å². The maximum Gasteiger partial charge on any atom is 0.157 e. The molecule has 1 saturated heterocycles. The molecule has 0 atom stereocenters. The van der Waals surface area contributed by atoms with E-state index in [1.807, 2.05) is 49.4 Å². The molecular formula is C26H27N5O2. The first-order valence-electron chi connectivity index (χ1n) is 11.2. The van der Waals surface area contributed by atoms with E-state index in [-0.39, 0.29) is 0 Å². The van der Waals surface area contributed by atoms with Gasteiger partial charge >= 0.3 is 0 Å². The predicted molar refractivity (Wildman–Crippen MR) is 129 cm³/mol. The Morgan fingerprint density at radius 2 is 1.79 bits per heavy atom. The van der Waals surface area contributed by atoms with Crippen LogP contribution in [0, 0.1) is 18.3 Å². The Balaban J connectivity index is 1.30. The van der Waals surface area contributed by atoms with Crippen LogP contribution in [0.4, 0.5) is 5.82 Å². The number of imidazole rings is 1. The van der Waals surface area contributed by atoms with Gasteiger partial charge in [-0.05, 0) is 42.8 Å². The van der Waals surface area contributed by atoms with Crippen LogP contribution in [0.5, 0.6) is 11.5 Å². The van der Waals surface area contributed by atoms with Crippen LogP contribution in [0.1, 0.15) is 11.1 Å². The lowest BCUT2D eigenvalue weighted by molar-refractivity contribution is 0.200. The third-order valence-electron chi connectivity index (χ3n) is 6.28. The zero-order valence-electron chi connectivity index (χ0n) is 19.0. The molecule has 33 heavy (non-hydrogen) atoms.